The highest BCUT2D eigenvalue weighted by Gasteiger charge is 2.45. The minimum Gasteiger partial charge on any atom is -0.394 e. The number of alkyl halides is 1. The van der Waals surface area contributed by atoms with E-state index in [-0.39, 0.29) is 5.82 Å². The van der Waals surface area contributed by atoms with Gasteiger partial charge in [-0.05, 0) is 17.7 Å². The van der Waals surface area contributed by atoms with E-state index >= 15 is 0 Å². The summed E-state index contributed by atoms with van der Waals surface area (Å²) in [7, 11) is 0. The normalized spacial score (nSPS) is 25.4. The summed E-state index contributed by atoms with van der Waals surface area (Å²) in [5.41, 5.74) is 7.73. The Hall–Kier alpha value is -1.97. The van der Waals surface area contributed by atoms with E-state index in [4.69, 9.17) is 33.7 Å². The maximum Gasteiger partial charge on any atom is 0.164 e. The molecule has 27 heavy (non-hydrogen) atoms. The lowest BCUT2D eigenvalue weighted by Crippen LogP contribution is -2.29. The summed E-state index contributed by atoms with van der Waals surface area (Å²) in [6.45, 7) is -0.551. The van der Waals surface area contributed by atoms with Crippen molar-refractivity contribution in [2.75, 3.05) is 12.3 Å². The summed E-state index contributed by atoms with van der Waals surface area (Å²) >= 11 is 12.1. The van der Waals surface area contributed by atoms with E-state index in [0.29, 0.717) is 32.2 Å². The van der Waals surface area contributed by atoms with Crippen molar-refractivity contribution < 1.29 is 19.3 Å². The first-order valence-corrected chi connectivity index (χ1v) is 8.83. The van der Waals surface area contributed by atoms with Crippen LogP contribution >= 0.6 is 23.2 Å². The van der Waals surface area contributed by atoms with Crippen molar-refractivity contribution >= 4 is 40.1 Å². The fraction of sp³-hybridized carbons (Fsp3) is 0.294. The van der Waals surface area contributed by atoms with Crippen LogP contribution in [0.4, 0.5) is 10.2 Å². The maximum atomic E-state index is 14.2. The number of aromatic nitrogens is 3. The molecule has 0 spiro atoms. The molecule has 1 aliphatic heterocycles. The van der Waals surface area contributed by atoms with Crippen LogP contribution in [0, 0.1) is 0 Å². The minimum atomic E-state index is -1.73. The van der Waals surface area contributed by atoms with E-state index in [9.17, 15) is 14.6 Å². The van der Waals surface area contributed by atoms with Gasteiger partial charge in [-0.3, -0.25) is 0 Å². The Labute approximate surface area is 163 Å². The molecule has 10 heteroatoms. The largest absolute Gasteiger partial charge is 0.394 e. The fourth-order valence-corrected chi connectivity index (χ4v) is 3.57. The van der Waals surface area contributed by atoms with Crippen LogP contribution < -0.4 is 5.73 Å². The summed E-state index contributed by atoms with van der Waals surface area (Å²) in [6, 6.07) is 5.05. The Balaban J connectivity index is 1.91. The third-order valence-corrected chi connectivity index (χ3v) is 5.35. The first-order valence-electron chi connectivity index (χ1n) is 8.07. The van der Waals surface area contributed by atoms with Crippen LogP contribution in [0.3, 0.4) is 0 Å². The number of ether oxygens (including phenoxy) is 1. The van der Waals surface area contributed by atoms with Gasteiger partial charge in [0.05, 0.1) is 22.0 Å². The molecular formula is C17H15Cl2FN4O3. The van der Waals surface area contributed by atoms with Crippen molar-refractivity contribution in [1.82, 2.24) is 14.5 Å². The lowest BCUT2D eigenvalue weighted by Gasteiger charge is -2.16. The van der Waals surface area contributed by atoms with Gasteiger partial charge in [-0.2, -0.15) is 0 Å². The Morgan fingerprint density at radius 1 is 1.26 bits per heavy atom. The van der Waals surface area contributed by atoms with Crippen LogP contribution in [-0.2, 0) is 4.74 Å². The number of aliphatic hydroxyl groups excluding tert-OH is 2. The lowest BCUT2D eigenvalue weighted by atomic mass is 10.1. The number of nitrogens with two attached hydrogens (primary N) is 1. The molecule has 0 saturated carbocycles. The highest BCUT2D eigenvalue weighted by atomic mass is 35.5. The number of nitrogens with zero attached hydrogens (tertiary/aromatic N) is 3. The highest BCUT2D eigenvalue weighted by molar-refractivity contribution is 6.42. The van der Waals surface area contributed by atoms with Gasteiger partial charge in [0.2, 0.25) is 0 Å². The predicted molar refractivity (Wildman–Crippen MR) is 99.3 cm³/mol. The molecule has 0 unspecified atom stereocenters. The molecule has 0 bridgehead atoms. The van der Waals surface area contributed by atoms with Crippen molar-refractivity contribution in [2.45, 2.75) is 24.6 Å². The molecule has 4 rings (SSSR count). The molecule has 0 aliphatic carbocycles. The molecule has 1 saturated heterocycles. The zero-order valence-electron chi connectivity index (χ0n) is 13.8. The molecule has 2 aromatic heterocycles. The van der Waals surface area contributed by atoms with E-state index in [1.165, 1.54) is 10.9 Å². The molecule has 7 nitrogen and oxygen atoms in total. The van der Waals surface area contributed by atoms with Crippen LogP contribution in [-0.4, -0.2) is 49.7 Å². The van der Waals surface area contributed by atoms with Gasteiger partial charge in [0.25, 0.3) is 0 Å². The van der Waals surface area contributed by atoms with E-state index in [1.807, 2.05) is 0 Å². The standard InChI is InChI=1S/C17H15Cl2FN4O3/c18-9-2-1-7(3-10(9)19)8-4-24(16-12(8)15(21)22-6-23-16)17-14(26)13(20)11(5-25)27-17/h1-4,6,11,13-14,17,25-26H,5H2,(H2,21,22,23)/t11-,13+,14-,17-/m1/s1. The van der Waals surface area contributed by atoms with Crippen LogP contribution in [0.2, 0.25) is 10.0 Å². The Morgan fingerprint density at radius 3 is 2.70 bits per heavy atom. The zero-order valence-corrected chi connectivity index (χ0v) is 15.3. The van der Waals surface area contributed by atoms with Crippen LogP contribution in [0.1, 0.15) is 6.23 Å². The van der Waals surface area contributed by atoms with Crippen molar-refractivity contribution in [1.29, 1.82) is 0 Å². The van der Waals surface area contributed by atoms with E-state index in [0.717, 1.165) is 0 Å². The quantitative estimate of drug-likeness (QED) is 0.610. The van der Waals surface area contributed by atoms with E-state index in [1.54, 1.807) is 24.4 Å². The summed E-state index contributed by atoms with van der Waals surface area (Å²) in [5.74, 6) is 0.211. The average molecular weight is 413 g/mol. The third kappa shape index (κ3) is 2.94. The summed E-state index contributed by atoms with van der Waals surface area (Å²) in [4.78, 5) is 8.24. The van der Waals surface area contributed by atoms with Gasteiger partial charge < -0.3 is 25.3 Å². The Kier molecular flexibility index (Phi) is 4.69. The number of anilines is 1. The number of halogens is 3. The summed E-state index contributed by atoms with van der Waals surface area (Å²) < 4.78 is 21.2. The average Bonchev–Trinajstić information content (AvgIpc) is 3.17. The zero-order chi connectivity index (χ0) is 19.3. The number of nitrogen functional groups attached to an aromatic ring is 1. The topological polar surface area (TPSA) is 106 Å². The second kappa shape index (κ2) is 6.88. The molecule has 1 aromatic carbocycles. The summed E-state index contributed by atoms with van der Waals surface area (Å²) in [6.07, 6.45) is -2.51. The van der Waals surface area contributed by atoms with Crippen LogP contribution in [0.5, 0.6) is 0 Å². The summed E-state index contributed by atoms with van der Waals surface area (Å²) in [5, 5.41) is 20.8. The van der Waals surface area contributed by atoms with Gasteiger partial charge in [-0.1, -0.05) is 29.3 Å². The molecule has 1 aliphatic rings. The number of aliphatic hydroxyl groups is 2. The van der Waals surface area contributed by atoms with Gasteiger partial charge >= 0.3 is 0 Å². The first-order chi connectivity index (χ1) is 12.9. The second-order valence-corrected chi connectivity index (χ2v) is 7.03. The lowest BCUT2D eigenvalue weighted by molar-refractivity contribution is -0.0492. The monoisotopic (exact) mass is 412 g/mol. The molecule has 1 fully saturated rings. The Bertz CT molecular complexity index is 1020. The molecule has 3 heterocycles. The maximum absolute atomic E-state index is 14.2. The van der Waals surface area contributed by atoms with Gasteiger partial charge in [-0.25, -0.2) is 14.4 Å². The molecule has 4 N–H and O–H groups in total. The highest BCUT2D eigenvalue weighted by Crippen LogP contribution is 2.40. The number of hydrogen-bond acceptors (Lipinski definition) is 6. The molecule has 4 atom stereocenters. The van der Waals surface area contributed by atoms with Crippen LogP contribution in [0.15, 0.2) is 30.7 Å². The van der Waals surface area contributed by atoms with Gasteiger partial charge in [0.1, 0.15) is 30.0 Å². The van der Waals surface area contributed by atoms with E-state index in [2.05, 4.69) is 9.97 Å². The smallest absolute Gasteiger partial charge is 0.164 e. The number of benzene rings is 1. The van der Waals surface area contributed by atoms with Crippen molar-refractivity contribution in [3.8, 4) is 11.1 Å². The van der Waals surface area contributed by atoms with Crippen molar-refractivity contribution in [3.63, 3.8) is 0 Å². The van der Waals surface area contributed by atoms with E-state index < -0.39 is 31.2 Å². The van der Waals surface area contributed by atoms with Crippen molar-refractivity contribution in [2.24, 2.45) is 0 Å². The molecule has 3 aromatic rings. The number of hydrogen-bond donors (Lipinski definition) is 3. The number of fused-ring (bicyclic) bond motifs is 1. The van der Waals surface area contributed by atoms with Crippen LogP contribution in [0.25, 0.3) is 22.2 Å². The number of rotatable bonds is 3. The predicted octanol–water partition coefficient (Wildman–Crippen LogP) is 2.58. The first kappa shape index (κ1) is 18.4. The molecule has 0 amide bonds. The molecule has 0 radical (unpaired) electrons. The van der Waals surface area contributed by atoms with Gasteiger partial charge in [0, 0.05) is 11.8 Å². The molecular weight excluding hydrogens is 398 g/mol. The SMILES string of the molecule is Nc1ncnc2c1c(-c1ccc(Cl)c(Cl)c1)cn2[C@@H]1O[C@H](CO)[C@H](F)[C@H]1O. The molecule has 142 valence electrons. The van der Waals surface area contributed by atoms with Gasteiger partial charge in [0.15, 0.2) is 12.4 Å². The second-order valence-electron chi connectivity index (χ2n) is 6.22. The minimum absolute atomic E-state index is 0.211. The van der Waals surface area contributed by atoms with Crippen molar-refractivity contribution in [3.05, 3.63) is 40.8 Å². The Morgan fingerprint density at radius 2 is 2.04 bits per heavy atom. The third-order valence-electron chi connectivity index (χ3n) is 4.61. The fourth-order valence-electron chi connectivity index (χ4n) is 3.27. The van der Waals surface area contributed by atoms with Gasteiger partial charge in [-0.15, -0.1) is 0 Å².